The first-order valence-electron chi connectivity index (χ1n) is 13.0. The summed E-state index contributed by atoms with van der Waals surface area (Å²) in [4.78, 5) is 54.8. The van der Waals surface area contributed by atoms with Gasteiger partial charge < -0.3 is 14.3 Å². The zero-order valence-electron chi connectivity index (χ0n) is 23.1. The van der Waals surface area contributed by atoms with Crippen LogP contribution in [0.2, 0.25) is 4.34 Å². The lowest BCUT2D eigenvalue weighted by atomic mass is 9.96. The zero-order valence-corrected chi connectivity index (χ0v) is 24.7. The molecule has 0 radical (unpaired) electrons. The summed E-state index contributed by atoms with van der Waals surface area (Å²) in [6.07, 6.45) is 4.09. The van der Waals surface area contributed by atoms with Crippen LogP contribution in [0, 0.1) is 5.41 Å². The van der Waals surface area contributed by atoms with Gasteiger partial charge in [-0.3, -0.25) is 19.2 Å². The molecule has 0 spiro atoms. The fourth-order valence-corrected chi connectivity index (χ4v) is 5.30. The van der Waals surface area contributed by atoms with Crippen molar-refractivity contribution in [3.63, 3.8) is 0 Å². The first kappa shape index (κ1) is 29.0. The summed E-state index contributed by atoms with van der Waals surface area (Å²) in [5.41, 5.74) is -0.511. The second-order valence-corrected chi connectivity index (χ2v) is 12.4. The maximum absolute atomic E-state index is 14.0. The summed E-state index contributed by atoms with van der Waals surface area (Å²) in [6, 6.07) is 16.8. The molecule has 214 valence electrons. The summed E-state index contributed by atoms with van der Waals surface area (Å²) in [6.45, 7) is 5.37. The quantitative estimate of drug-likeness (QED) is 0.193. The van der Waals surface area contributed by atoms with Gasteiger partial charge in [-0.25, -0.2) is 0 Å². The average molecular weight is 603 g/mol. The number of hydrogen-bond acceptors (Lipinski definition) is 8. The second-order valence-electron chi connectivity index (χ2n) is 10.6. The van der Waals surface area contributed by atoms with Crippen molar-refractivity contribution in [3.05, 3.63) is 116 Å². The van der Waals surface area contributed by atoms with Gasteiger partial charge in [-0.1, -0.05) is 62.7 Å². The molecule has 5 rings (SSSR count). The number of aromatic nitrogens is 3. The number of rotatable bonds is 9. The Balaban J connectivity index is 1.64. The van der Waals surface area contributed by atoms with Gasteiger partial charge in [0.2, 0.25) is 0 Å². The van der Waals surface area contributed by atoms with E-state index in [-0.39, 0.29) is 35.1 Å². The maximum atomic E-state index is 14.0. The molecule has 0 atom stereocenters. The van der Waals surface area contributed by atoms with E-state index < -0.39 is 16.8 Å². The number of benzene rings is 1. The standard InChI is InChI=1S/C31H27ClN4O5S/c1-31(2,3)30(40)36-26(33-16-21-9-10-25(32)42-21)15-23(34-36)27-22(28(38)19-7-5-4-6-8-19)11-13-35(29(27)39)17-24(37)20-12-14-41-18-20/h4-15,18,33H,16-17H2,1-3H3. The minimum absolute atomic E-state index is 0.0194. The monoisotopic (exact) mass is 602 g/mol. The number of carbonyl (C=O) groups excluding carboxylic acids is 3. The molecule has 0 aliphatic carbocycles. The van der Waals surface area contributed by atoms with Crippen molar-refractivity contribution in [1.82, 2.24) is 14.3 Å². The molecule has 42 heavy (non-hydrogen) atoms. The van der Waals surface area contributed by atoms with Crippen molar-refractivity contribution in [3.8, 4) is 11.3 Å². The highest BCUT2D eigenvalue weighted by Crippen LogP contribution is 2.29. The van der Waals surface area contributed by atoms with Crippen molar-refractivity contribution in [2.45, 2.75) is 33.9 Å². The third kappa shape index (κ3) is 6.05. The summed E-state index contributed by atoms with van der Waals surface area (Å²) < 4.78 is 8.07. The highest BCUT2D eigenvalue weighted by Gasteiger charge is 2.29. The number of carbonyl (C=O) groups is 3. The molecule has 0 bridgehead atoms. The van der Waals surface area contributed by atoms with E-state index in [0.29, 0.717) is 27.8 Å². The average Bonchev–Trinajstić information content (AvgIpc) is 3.73. The van der Waals surface area contributed by atoms with Gasteiger partial charge in [-0.15, -0.1) is 11.3 Å². The molecule has 0 aliphatic heterocycles. The van der Waals surface area contributed by atoms with Gasteiger partial charge in [0.25, 0.3) is 11.5 Å². The molecule has 11 heteroatoms. The van der Waals surface area contributed by atoms with Crippen LogP contribution in [0.5, 0.6) is 0 Å². The Kier molecular flexibility index (Phi) is 8.11. The van der Waals surface area contributed by atoms with Crippen LogP contribution in [0.3, 0.4) is 0 Å². The van der Waals surface area contributed by atoms with Crippen LogP contribution in [0.1, 0.15) is 56.7 Å². The summed E-state index contributed by atoms with van der Waals surface area (Å²) in [5, 5.41) is 7.77. The topological polar surface area (TPSA) is 116 Å². The Morgan fingerprint density at radius 1 is 1.02 bits per heavy atom. The fourth-order valence-electron chi connectivity index (χ4n) is 4.28. The summed E-state index contributed by atoms with van der Waals surface area (Å²) in [5.74, 6) is -0.709. The largest absolute Gasteiger partial charge is 0.472 e. The third-order valence-corrected chi connectivity index (χ3v) is 7.71. The van der Waals surface area contributed by atoms with Gasteiger partial charge >= 0.3 is 0 Å². The van der Waals surface area contributed by atoms with E-state index in [2.05, 4.69) is 10.4 Å². The summed E-state index contributed by atoms with van der Waals surface area (Å²) in [7, 11) is 0. The van der Waals surface area contributed by atoms with Gasteiger partial charge in [0, 0.05) is 33.7 Å². The Hall–Kier alpha value is -4.54. The maximum Gasteiger partial charge on any atom is 0.261 e. The normalized spacial score (nSPS) is 11.4. The van der Waals surface area contributed by atoms with E-state index in [9.17, 15) is 19.2 Å². The van der Waals surface area contributed by atoms with Crippen molar-refractivity contribution in [1.29, 1.82) is 0 Å². The molecular weight excluding hydrogens is 576 g/mol. The van der Waals surface area contributed by atoms with Crippen LogP contribution in [0.4, 0.5) is 5.82 Å². The number of pyridine rings is 1. The predicted molar refractivity (Wildman–Crippen MR) is 162 cm³/mol. The number of nitrogens with one attached hydrogen (secondary N) is 1. The Morgan fingerprint density at radius 2 is 1.79 bits per heavy atom. The van der Waals surface area contributed by atoms with E-state index in [1.54, 1.807) is 63.2 Å². The van der Waals surface area contributed by atoms with Crippen molar-refractivity contribution < 1.29 is 18.8 Å². The molecule has 0 saturated heterocycles. The zero-order chi connectivity index (χ0) is 30.0. The lowest BCUT2D eigenvalue weighted by Crippen LogP contribution is -2.29. The minimum atomic E-state index is -0.803. The smallest absolute Gasteiger partial charge is 0.261 e. The number of furan rings is 1. The molecule has 1 aromatic carbocycles. The molecule has 0 fully saturated rings. The minimum Gasteiger partial charge on any atom is -0.472 e. The molecule has 0 aliphatic rings. The first-order chi connectivity index (χ1) is 20.0. The highest BCUT2D eigenvalue weighted by atomic mass is 35.5. The fraction of sp³-hybridized carbons (Fsp3) is 0.194. The second kappa shape index (κ2) is 11.8. The Bertz CT molecular complexity index is 1830. The molecule has 0 unspecified atom stereocenters. The molecular formula is C31H27ClN4O5S. The number of ketones is 2. The molecule has 5 aromatic rings. The number of anilines is 1. The molecule has 4 aromatic heterocycles. The molecule has 9 nitrogen and oxygen atoms in total. The lowest BCUT2D eigenvalue weighted by Gasteiger charge is -2.18. The third-order valence-electron chi connectivity index (χ3n) is 6.47. The first-order valence-corrected chi connectivity index (χ1v) is 14.2. The SMILES string of the molecule is CC(C)(C)C(=O)n1nc(-c2c(C(=O)c3ccccc3)ccn(CC(=O)c3ccoc3)c2=O)cc1NCc1ccc(Cl)s1. The van der Waals surface area contributed by atoms with Crippen LogP contribution in [-0.4, -0.2) is 31.8 Å². The van der Waals surface area contributed by atoms with E-state index in [1.807, 2.05) is 6.07 Å². The number of nitrogens with zero attached hydrogens (tertiary/aromatic N) is 3. The van der Waals surface area contributed by atoms with Crippen LogP contribution in [-0.2, 0) is 13.1 Å². The van der Waals surface area contributed by atoms with Crippen molar-refractivity contribution in [2.75, 3.05) is 5.32 Å². The number of Topliss-reactive ketones (excluding diaryl/α,β-unsaturated/α-hetero) is 1. The van der Waals surface area contributed by atoms with Gasteiger partial charge in [0.1, 0.15) is 17.8 Å². The van der Waals surface area contributed by atoms with Gasteiger partial charge in [-0.2, -0.15) is 9.78 Å². The van der Waals surface area contributed by atoms with Gasteiger partial charge in [0.05, 0.1) is 34.8 Å². The number of halogens is 1. The van der Waals surface area contributed by atoms with Crippen molar-refractivity contribution >= 4 is 46.2 Å². The highest BCUT2D eigenvalue weighted by molar-refractivity contribution is 7.16. The molecule has 1 N–H and O–H groups in total. The van der Waals surface area contributed by atoms with Crippen LogP contribution >= 0.6 is 22.9 Å². The van der Waals surface area contributed by atoms with Crippen molar-refractivity contribution in [2.24, 2.45) is 5.41 Å². The summed E-state index contributed by atoms with van der Waals surface area (Å²) >= 11 is 7.48. The van der Waals surface area contributed by atoms with E-state index in [4.69, 9.17) is 16.0 Å². The Labute approximate surface area is 250 Å². The number of thiophene rings is 1. The number of hydrogen-bond donors (Lipinski definition) is 1. The van der Waals surface area contributed by atoms with Gasteiger partial charge in [0.15, 0.2) is 11.6 Å². The molecule has 0 saturated carbocycles. The lowest BCUT2D eigenvalue weighted by molar-refractivity contribution is 0.0752. The van der Waals surface area contributed by atoms with E-state index >= 15 is 0 Å². The molecule has 4 heterocycles. The van der Waals surface area contributed by atoms with Crippen LogP contribution < -0.4 is 10.9 Å². The van der Waals surface area contributed by atoms with Crippen LogP contribution in [0.25, 0.3) is 11.3 Å². The van der Waals surface area contributed by atoms with E-state index in [1.165, 1.54) is 51.4 Å². The van der Waals surface area contributed by atoms with E-state index in [0.717, 1.165) is 4.88 Å². The molecule has 0 amide bonds. The predicted octanol–water partition coefficient (Wildman–Crippen LogP) is 6.43. The van der Waals surface area contributed by atoms with Gasteiger partial charge in [-0.05, 0) is 24.3 Å². The van der Waals surface area contributed by atoms with Crippen LogP contribution in [0.15, 0.2) is 88.6 Å². The Morgan fingerprint density at radius 3 is 2.43 bits per heavy atom.